The van der Waals surface area contributed by atoms with Crippen molar-refractivity contribution in [3.05, 3.63) is 47.3 Å². The summed E-state index contributed by atoms with van der Waals surface area (Å²) >= 11 is 0. The highest BCUT2D eigenvalue weighted by molar-refractivity contribution is 14.0. The van der Waals surface area contributed by atoms with Gasteiger partial charge in [-0.1, -0.05) is 18.2 Å². The zero-order chi connectivity index (χ0) is 19.5. The van der Waals surface area contributed by atoms with Gasteiger partial charge in [0.25, 0.3) is 0 Å². The number of nitrogens with one attached hydrogen (secondary N) is 2. The Balaban J connectivity index is 0.00000392. The molecule has 0 aliphatic rings. The molecule has 0 saturated heterocycles. The van der Waals surface area contributed by atoms with Crippen molar-refractivity contribution in [1.29, 1.82) is 0 Å². The Kier molecular flexibility index (Phi) is 11.7. The molecule has 2 N–H and O–H groups in total. The third kappa shape index (κ3) is 8.09. The van der Waals surface area contributed by atoms with E-state index in [-0.39, 0.29) is 29.8 Å². The summed E-state index contributed by atoms with van der Waals surface area (Å²) in [4.78, 5) is 4.58. The Labute approximate surface area is 183 Å². The van der Waals surface area contributed by atoms with E-state index >= 15 is 0 Å². The Bertz CT molecular complexity index is 737. The molecule has 0 aliphatic heterocycles. The normalized spacial score (nSPS) is 11.2. The minimum absolute atomic E-state index is 0. The second-order valence-corrected chi connectivity index (χ2v) is 6.13. The fourth-order valence-corrected chi connectivity index (χ4v) is 2.45. The maximum atomic E-state index is 13.7. The van der Waals surface area contributed by atoms with Gasteiger partial charge in [-0.2, -0.15) is 0 Å². The highest BCUT2D eigenvalue weighted by Crippen LogP contribution is 2.06. The van der Waals surface area contributed by atoms with Gasteiger partial charge in [-0.05, 0) is 38.3 Å². The molecule has 0 saturated carbocycles. The van der Waals surface area contributed by atoms with Crippen LogP contribution < -0.4 is 10.6 Å². The molecule has 0 amide bonds. The van der Waals surface area contributed by atoms with Gasteiger partial charge in [0, 0.05) is 33.4 Å². The average molecular weight is 504 g/mol. The van der Waals surface area contributed by atoms with Crippen LogP contribution in [0.1, 0.15) is 30.6 Å². The average Bonchev–Trinajstić information content (AvgIpc) is 2.99. The number of aryl methyl sites for hydroxylation is 1. The van der Waals surface area contributed by atoms with E-state index in [0.29, 0.717) is 44.2 Å². The number of hydrogen-bond donors (Lipinski definition) is 2. The third-order valence-corrected chi connectivity index (χ3v) is 4.17. The molecule has 2 aromatic rings. The predicted octanol–water partition coefficient (Wildman–Crippen LogP) is 2.59. The zero-order valence-electron chi connectivity index (χ0n) is 16.7. The van der Waals surface area contributed by atoms with Gasteiger partial charge in [-0.3, -0.25) is 0 Å². The summed E-state index contributed by atoms with van der Waals surface area (Å²) < 4.78 is 21.0. The largest absolute Gasteiger partial charge is 0.382 e. The van der Waals surface area contributed by atoms with Crippen molar-refractivity contribution >= 4 is 29.9 Å². The molecular weight excluding hydrogens is 474 g/mol. The summed E-state index contributed by atoms with van der Waals surface area (Å²) in [6, 6.07) is 6.82. The van der Waals surface area contributed by atoms with Crippen LogP contribution in [0.4, 0.5) is 4.39 Å². The lowest BCUT2D eigenvalue weighted by Gasteiger charge is -2.13. The molecule has 7 nitrogen and oxygen atoms in total. The topological polar surface area (TPSA) is 76.4 Å². The second kappa shape index (κ2) is 13.4. The number of guanidine groups is 1. The van der Waals surface area contributed by atoms with Crippen LogP contribution in [0.5, 0.6) is 0 Å². The van der Waals surface area contributed by atoms with Crippen molar-refractivity contribution in [3.63, 3.8) is 0 Å². The summed E-state index contributed by atoms with van der Waals surface area (Å²) in [5.41, 5.74) is 0.685. The van der Waals surface area contributed by atoms with Gasteiger partial charge in [-0.25, -0.2) is 9.38 Å². The summed E-state index contributed by atoms with van der Waals surface area (Å²) in [5, 5.41) is 14.7. The monoisotopic (exact) mass is 504 g/mol. The van der Waals surface area contributed by atoms with Gasteiger partial charge in [0.05, 0.1) is 0 Å². The Morgan fingerprint density at radius 2 is 1.96 bits per heavy atom. The summed E-state index contributed by atoms with van der Waals surface area (Å²) in [5.74, 6) is 2.12. The van der Waals surface area contributed by atoms with Crippen LogP contribution in [0.15, 0.2) is 29.3 Å². The quantitative estimate of drug-likeness (QED) is 0.225. The molecule has 0 aliphatic carbocycles. The number of nitrogens with zero attached hydrogens (tertiary/aromatic N) is 4. The number of hydrogen-bond acceptors (Lipinski definition) is 4. The Morgan fingerprint density at radius 1 is 1.21 bits per heavy atom. The van der Waals surface area contributed by atoms with E-state index < -0.39 is 0 Å². The maximum absolute atomic E-state index is 13.7. The van der Waals surface area contributed by atoms with Crippen molar-refractivity contribution in [3.8, 4) is 0 Å². The fourth-order valence-electron chi connectivity index (χ4n) is 2.45. The van der Waals surface area contributed by atoms with Crippen molar-refractivity contribution < 1.29 is 9.13 Å². The van der Waals surface area contributed by atoms with Crippen LogP contribution >= 0.6 is 24.0 Å². The summed E-state index contributed by atoms with van der Waals surface area (Å²) in [6.07, 6.45) is 1.46. The van der Waals surface area contributed by atoms with Crippen LogP contribution in [0.25, 0.3) is 0 Å². The molecule has 156 valence electrons. The van der Waals surface area contributed by atoms with Crippen LogP contribution in [-0.4, -0.2) is 47.0 Å². The van der Waals surface area contributed by atoms with Gasteiger partial charge >= 0.3 is 0 Å². The third-order valence-electron chi connectivity index (χ3n) is 4.17. The number of benzene rings is 1. The van der Waals surface area contributed by atoms with Gasteiger partial charge < -0.3 is 19.9 Å². The van der Waals surface area contributed by atoms with Gasteiger partial charge in [-0.15, -0.1) is 34.2 Å². The highest BCUT2D eigenvalue weighted by Gasteiger charge is 2.06. The minimum Gasteiger partial charge on any atom is -0.382 e. The van der Waals surface area contributed by atoms with Crippen molar-refractivity contribution in [2.75, 3.05) is 26.3 Å². The molecule has 9 heteroatoms. The molecule has 0 fully saturated rings. The van der Waals surface area contributed by atoms with E-state index in [1.54, 1.807) is 12.1 Å². The number of halogens is 2. The molecule has 1 aromatic carbocycles. The molecule has 28 heavy (non-hydrogen) atoms. The van der Waals surface area contributed by atoms with Gasteiger partial charge in [0.2, 0.25) is 0 Å². The highest BCUT2D eigenvalue weighted by atomic mass is 127. The Morgan fingerprint density at radius 3 is 2.64 bits per heavy atom. The van der Waals surface area contributed by atoms with Crippen molar-refractivity contribution in [2.45, 2.75) is 33.2 Å². The maximum Gasteiger partial charge on any atom is 0.191 e. The van der Waals surface area contributed by atoms with Crippen molar-refractivity contribution in [1.82, 2.24) is 25.4 Å². The van der Waals surface area contributed by atoms with E-state index in [1.165, 1.54) is 6.07 Å². The first-order chi connectivity index (χ1) is 13.1. The molecule has 1 heterocycles. The zero-order valence-corrected chi connectivity index (χ0v) is 19.1. The lowest BCUT2D eigenvalue weighted by Crippen LogP contribution is -2.39. The predicted molar refractivity (Wildman–Crippen MR) is 120 cm³/mol. The number of ether oxygens (including phenoxy) is 1. The molecule has 0 bridgehead atoms. The lowest BCUT2D eigenvalue weighted by atomic mass is 10.1. The van der Waals surface area contributed by atoms with Crippen molar-refractivity contribution in [2.24, 2.45) is 12.0 Å². The van der Waals surface area contributed by atoms with Gasteiger partial charge in [0.1, 0.15) is 18.2 Å². The summed E-state index contributed by atoms with van der Waals surface area (Å²) in [7, 11) is 1.92. The molecule has 2 rings (SSSR count). The minimum atomic E-state index is -0.183. The Hall–Kier alpha value is -1.75. The first-order valence-corrected chi connectivity index (χ1v) is 9.30. The van der Waals surface area contributed by atoms with Crippen LogP contribution in [0, 0.1) is 12.7 Å². The number of aromatic nitrogens is 3. The second-order valence-electron chi connectivity index (χ2n) is 6.13. The molecule has 0 radical (unpaired) electrons. The summed E-state index contributed by atoms with van der Waals surface area (Å²) in [6.45, 7) is 7.03. The smallest absolute Gasteiger partial charge is 0.191 e. The fraction of sp³-hybridized carbons (Fsp3) is 0.526. The van der Waals surface area contributed by atoms with Crippen LogP contribution in [0.3, 0.4) is 0 Å². The molecule has 0 unspecified atom stereocenters. The molecule has 0 spiro atoms. The number of aliphatic imine (C=N–C) groups is 1. The van der Waals surface area contributed by atoms with E-state index in [0.717, 1.165) is 24.6 Å². The SMILES string of the molecule is CCOCCCNC(=NCc1nnc(C)n1C)NCCc1ccccc1F.I. The molecule has 0 atom stereocenters. The van der Waals surface area contributed by atoms with E-state index in [1.807, 2.05) is 31.5 Å². The molecule has 1 aromatic heterocycles. The van der Waals surface area contributed by atoms with E-state index in [9.17, 15) is 4.39 Å². The van der Waals surface area contributed by atoms with Gasteiger partial charge in [0.15, 0.2) is 11.8 Å². The standard InChI is InChI=1S/C19H29FN6O.HI/c1-4-27-13-7-11-21-19(23-14-18-25-24-15(2)26(18)3)22-12-10-16-8-5-6-9-17(16)20;/h5-6,8-9H,4,7,10-14H2,1-3H3,(H2,21,22,23);1H. The van der Waals surface area contributed by atoms with Crippen LogP contribution in [0.2, 0.25) is 0 Å². The van der Waals surface area contributed by atoms with Crippen LogP contribution in [-0.2, 0) is 24.8 Å². The first-order valence-electron chi connectivity index (χ1n) is 9.30. The lowest BCUT2D eigenvalue weighted by molar-refractivity contribution is 0.145. The van der Waals surface area contributed by atoms with E-state index in [2.05, 4.69) is 25.8 Å². The van der Waals surface area contributed by atoms with E-state index in [4.69, 9.17) is 4.74 Å². The molecular formula is C19H30FIN6O. The first kappa shape index (κ1) is 24.3. The number of rotatable bonds is 10.